The van der Waals surface area contributed by atoms with E-state index in [1.165, 1.54) is 0 Å². The van der Waals surface area contributed by atoms with Gasteiger partial charge >= 0.3 is 7.60 Å². The van der Waals surface area contributed by atoms with E-state index in [1.807, 2.05) is 0 Å². The van der Waals surface area contributed by atoms with Crippen molar-refractivity contribution in [2.24, 2.45) is 5.92 Å². The normalized spacial score (nSPS) is 14.9. The Morgan fingerprint density at radius 2 is 1.62 bits per heavy atom. The first-order chi connectivity index (χ1) is 5.98. The first kappa shape index (κ1) is 13.1. The summed E-state index contributed by atoms with van der Waals surface area (Å²) in [6.45, 7) is 7.55. The van der Waals surface area contributed by atoms with Crippen LogP contribution < -0.4 is 0 Å². The molecule has 4 nitrogen and oxygen atoms in total. The van der Waals surface area contributed by atoms with Crippen LogP contribution in [0.5, 0.6) is 0 Å². The fourth-order valence-electron chi connectivity index (χ4n) is 0.915. The summed E-state index contributed by atoms with van der Waals surface area (Å²) >= 11 is 0. The van der Waals surface area contributed by atoms with E-state index in [4.69, 9.17) is 9.05 Å². The van der Waals surface area contributed by atoms with Gasteiger partial charge in [-0.25, -0.2) is 0 Å². The maximum atomic E-state index is 11.9. The van der Waals surface area contributed by atoms with Crippen molar-refractivity contribution in [3.05, 3.63) is 0 Å². The standard InChI is InChI=1S/C8H19O4P/c1-5-11-13(10,12-6-2)8(9)7(3)4/h7-9H,5-6H2,1-4H3/t8-/m1/s1. The van der Waals surface area contributed by atoms with Crippen molar-refractivity contribution < 1.29 is 18.7 Å². The lowest BCUT2D eigenvalue weighted by atomic mass is 10.2. The Balaban J connectivity index is 4.47. The zero-order chi connectivity index (χ0) is 10.5. The molecule has 13 heavy (non-hydrogen) atoms. The Kier molecular flexibility index (Phi) is 5.81. The molecular formula is C8H19O4P. The third-order valence-electron chi connectivity index (χ3n) is 1.54. The maximum absolute atomic E-state index is 11.9. The zero-order valence-corrected chi connectivity index (χ0v) is 9.58. The second-order valence-electron chi connectivity index (χ2n) is 3.03. The van der Waals surface area contributed by atoms with Crippen LogP contribution in [0.3, 0.4) is 0 Å². The highest BCUT2D eigenvalue weighted by Crippen LogP contribution is 2.54. The molecule has 1 N–H and O–H groups in total. The number of rotatable bonds is 6. The maximum Gasteiger partial charge on any atom is 0.359 e. The van der Waals surface area contributed by atoms with Gasteiger partial charge < -0.3 is 14.2 Å². The highest BCUT2D eigenvalue weighted by molar-refractivity contribution is 7.54. The van der Waals surface area contributed by atoms with Gasteiger partial charge in [-0.05, 0) is 19.8 Å². The molecule has 0 aliphatic carbocycles. The van der Waals surface area contributed by atoms with E-state index in [-0.39, 0.29) is 19.1 Å². The average molecular weight is 210 g/mol. The van der Waals surface area contributed by atoms with E-state index in [1.54, 1.807) is 27.7 Å². The van der Waals surface area contributed by atoms with Crippen LogP contribution in [-0.4, -0.2) is 24.2 Å². The SMILES string of the molecule is CCOP(=O)(OCC)[C@@H](O)C(C)C. The lowest BCUT2D eigenvalue weighted by molar-refractivity contribution is 0.123. The molecule has 0 aromatic heterocycles. The summed E-state index contributed by atoms with van der Waals surface area (Å²) < 4.78 is 21.8. The molecule has 0 aromatic rings. The van der Waals surface area contributed by atoms with E-state index in [2.05, 4.69) is 0 Å². The predicted octanol–water partition coefficient (Wildman–Crippen LogP) is 2.23. The van der Waals surface area contributed by atoms with Crippen molar-refractivity contribution in [3.8, 4) is 0 Å². The molecule has 0 saturated carbocycles. The summed E-state index contributed by atoms with van der Waals surface area (Å²) in [4.78, 5) is 0. The Morgan fingerprint density at radius 3 is 1.85 bits per heavy atom. The van der Waals surface area contributed by atoms with Crippen LogP contribution in [-0.2, 0) is 13.6 Å². The molecule has 0 rings (SSSR count). The fraction of sp³-hybridized carbons (Fsp3) is 1.00. The molecule has 0 unspecified atom stereocenters. The van der Waals surface area contributed by atoms with Gasteiger partial charge in [0.1, 0.15) is 0 Å². The topological polar surface area (TPSA) is 55.8 Å². The van der Waals surface area contributed by atoms with Crippen LogP contribution in [0.2, 0.25) is 0 Å². The summed E-state index contributed by atoms with van der Waals surface area (Å²) in [6, 6.07) is 0. The molecule has 80 valence electrons. The molecule has 0 radical (unpaired) electrons. The Hall–Kier alpha value is 0.110. The summed E-state index contributed by atoms with van der Waals surface area (Å²) in [7, 11) is -3.31. The smallest absolute Gasteiger partial charge is 0.359 e. The molecule has 0 aromatic carbocycles. The predicted molar refractivity (Wildman–Crippen MR) is 51.7 cm³/mol. The minimum atomic E-state index is -3.31. The summed E-state index contributed by atoms with van der Waals surface area (Å²) in [6.07, 6.45) is 0. The van der Waals surface area contributed by atoms with Crippen molar-refractivity contribution in [1.82, 2.24) is 0 Å². The van der Waals surface area contributed by atoms with E-state index >= 15 is 0 Å². The van der Waals surface area contributed by atoms with Crippen molar-refractivity contribution in [2.75, 3.05) is 13.2 Å². The largest absolute Gasteiger partial charge is 0.380 e. The number of hydrogen-bond acceptors (Lipinski definition) is 4. The molecule has 0 heterocycles. The summed E-state index contributed by atoms with van der Waals surface area (Å²) in [5.74, 6) is -1.17. The van der Waals surface area contributed by atoms with E-state index < -0.39 is 13.4 Å². The van der Waals surface area contributed by atoms with Gasteiger partial charge in [-0.2, -0.15) is 0 Å². The summed E-state index contributed by atoms with van der Waals surface area (Å²) in [5.41, 5.74) is 0. The van der Waals surface area contributed by atoms with Crippen molar-refractivity contribution in [3.63, 3.8) is 0 Å². The van der Waals surface area contributed by atoms with E-state index in [0.717, 1.165) is 0 Å². The molecule has 0 aliphatic heterocycles. The second kappa shape index (κ2) is 5.76. The first-order valence-corrected chi connectivity index (χ1v) is 6.16. The molecule has 0 bridgehead atoms. The fourth-order valence-corrected chi connectivity index (χ4v) is 2.75. The van der Waals surface area contributed by atoms with Gasteiger partial charge in [0, 0.05) is 0 Å². The quantitative estimate of drug-likeness (QED) is 0.683. The number of aliphatic hydroxyl groups is 1. The van der Waals surface area contributed by atoms with Crippen molar-refractivity contribution in [2.45, 2.75) is 33.5 Å². The van der Waals surface area contributed by atoms with Gasteiger partial charge in [-0.3, -0.25) is 4.57 Å². The van der Waals surface area contributed by atoms with E-state index in [0.29, 0.717) is 0 Å². The molecule has 5 heteroatoms. The lowest BCUT2D eigenvalue weighted by Crippen LogP contribution is -2.18. The van der Waals surface area contributed by atoms with E-state index in [9.17, 15) is 9.67 Å². The third kappa shape index (κ3) is 3.77. The van der Waals surface area contributed by atoms with Gasteiger partial charge in [0.05, 0.1) is 13.2 Å². The average Bonchev–Trinajstić information content (AvgIpc) is 2.03. The molecule has 0 saturated heterocycles. The highest BCUT2D eigenvalue weighted by atomic mass is 31.2. The van der Waals surface area contributed by atoms with Crippen LogP contribution >= 0.6 is 7.60 Å². The van der Waals surface area contributed by atoms with Crippen molar-refractivity contribution in [1.29, 1.82) is 0 Å². The Morgan fingerprint density at radius 1 is 1.23 bits per heavy atom. The minimum Gasteiger partial charge on any atom is -0.380 e. The lowest BCUT2D eigenvalue weighted by Gasteiger charge is -2.24. The highest BCUT2D eigenvalue weighted by Gasteiger charge is 2.35. The zero-order valence-electron chi connectivity index (χ0n) is 8.69. The molecule has 1 atom stereocenters. The van der Waals surface area contributed by atoms with Crippen LogP contribution in [0.25, 0.3) is 0 Å². The van der Waals surface area contributed by atoms with Crippen LogP contribution in [0.1, 0.15) is 27.7 Å². The summed E-state index contributed by atoms with van der Waals surface area (Å²) in [5, 5.41) is 9.59. The molecule has 0 aliphatic rings. The molecule has 0 fully saturated rings. The second-order valence-corrected chi connectivity index (χ2v) is 5.16. The van der Waals surface area contributed by atoms with Gasteiger partial charge in [0.2, 0.25) is 0 Å². The Bertz CT molecular complexity index is 171. The first-order valence-electron chi connectivity index (χ1n) is 4.54. The van der Waals surface area contributed by atoms with Crippen LogP contribution in [0.15, 0.2) is 0 Å². The van der Waals surface area contributed by atoms with Crippen molar-refractivity contribution >= 4 is 7.60 Å². The molecule has 0 amide bonds. The van der Waals surface area contributed by atoms with Gasteiger partial charge in [0.25, 0.3) is 0 Å². The van der Waals surface area contributed by atoms with Gasteiger partial charge in [0.15, 0.2) is 5.85 Å². The van der Waals surface area contributed by atoms with Crippen LogP contribution in [0, 0.1) is 5.92 Å². The Labute approximate surface area is 79.8 Å². The van der Waals surface area contributed by atoms with Crippen LogP contribution in [0.4, 0.5) is 0 Å². The number of hydrogen-bond donors (Lipinski definition) is 1. The monoisotopic (exact) mass is 210 g/mol. The van der Waals surface area contributed by atoms with Gasteiger partial charge in [-0.1, -0.05) is 13.8 Å². The number of aliphatic hydroxyl groups excluding tert-OH is 1. The molecule has 0 spiro atoms. The molecular weight excluding hydrogens is 191 g/mol. The minimum absolute atomic E-state index is 0.135. The van der Waals surface area contributed by atoms with Gasteiger partial charge in [-0.15, -0.1) is 0 Å². The third-order valence-corrected chi connectivity index (χ3v) is 4.02.